The molecule has 0 fully saturated rings. The van der Waals surface area contributed by atoms with E-state index in [1.807, 2.05) is 19.1 Å². The molecule has 0 N–H and O–H groups in total. The average molecular weight is 196 g/mol. The van der Waals surface area contributed by atoms with Crippen molar-refractivity contribution >= 4 is 9.17 Å². The number of hydrogen-bond donors (Lipinski definition) is 0. The fraction of sp³-hybridized carbons (Fsp3) is 0.333. The molecule has 0 spiro atoms. The van der Waals surface area contributed by atoms with Crippen LogP contribution in [0.4, 0.5) is 0 Å². The normalized spacial score (nSPS) is 9.38. The molecule has 1 aromatic carbocycles. The molecule has 0 radical (unpaired) electrons. The molecule has 0 saturated heterocycles. The highest BCUT2D eigenvalue weighted by atomic mass is 28.3. The highest BCUT2D eigenvalue weighted by Crippen LogP contribution is 2.10. The van der Waals surface area contributed by atoms with E-state index >= 15 is 0 Å². The summed E-state index contributed by atoms with van der Waals surface area (Å²) in [6.45, 7) is 4.17. The maximum atomic E-state index is 11.0. The van der Waals surface area contributed by atoms with Gasteiger partial charge in [0.25, 0.3) is 0 Å². The molecule has 70 valence electrons. The van der Waals surface area contributed by atoms with Crippen LogP contribution >= 0.6 is 0 Å². The number of benzene rings is 1. The number of aryl methyl sites for hydroxylation is 1. The largest absolute Gasteiger partial charge is 0.772 e. The minimum absolute atomic E-state index is 0.406. The Morgan fingerprint density at radius 1 is 1.31 bits per heavy atom. The molecule has 0 aliphatic carbocycles. The highest BCUT2D eigenvalue weighted by Gasteiger charge is 2.10. The van der Waals surface area contributed by atoms with Crippen LogP contribution in [-0.4, -0.2) is 15.8 Å². The maximum absolute atomic E-state index is 11.0. The van der Waals surface area contributed by atoms with Crippen LogP contribution < -0.4 is 4.43 Å². The van der Waals surface area contributed by atoms with E-state index in [2.05, 4.69) is 0 Å². The van der Waals surface area contributed by atoms with Crippen molar-refractivity contribution in [2.24, 2.45) is 0 Å². The molecule has 0 heterocycles. The highest BCUT2D eigenvalue weighted by molar-refractivity contribution is 6.27. The van der Waals surface area contributed by atoms with E-state index in [1.54, 1.807) is 19.1 Å². The Labute approximate surface area is 79.2 Å². The van der Waals surface area contributed by atoms with Crippen LogP contribution in [0.15, 0.2) is 24.3 Å². The Morgan fingerprint density at radius 3 is 2.46 bits per heavy atom. The first-order valence-electron chi connectivity index (χ1n) is 4.13. The van der Waals surface area contributed by atoms with Crippen LogP contribution in [0.1, 0.15) is 12.5 Å². The van der Waals surface area contributed by atoms with Gasteiger partial charge in [-0.1, -0.05) is 17.7 Å². The summed E-state index contributed by atoms with van der Waals surface area (Å²) < 4.78 is 20.9. The third-order valence-electron chi connectivity index (χ3n) is 1.48. The summed E-state index contributed by atoms with van der Waals surface area (Å²) in [4.78, 5) is 0. The van der Waals surface area contributed by atoms with Crippen molar-refractivity contribution in [3.63, 3.8) is 0 Å². The molecule has 0 atom stereocenters. The van der Waals surface area contributed by atoms with Gasteiger partial charge in [0, 0.05) is 0 Å². The predicted octanol–water partition coefficient (Wildman–Crippen LogP) is 1.83. The van der Waals surface area contributed by atoms with Gasteiger partial charge in [0.15, 0.2) is 0 Å². The molecule has 0 unspecified atom stereocenters. The quantitative estimate of drug-likeness (QED) is 0.689. The predicted molar refractivity (Wildman–Crippen MR) is 49.9 cm³/mol. The molecule has 0 aliphatic heterocycles. The van der Waals surface area contributed by atoms with E-state index in [0.29, 0.717) is 12.4 Å². The summed E-state index contributed by atoms with van der Waals surface area (Å²) in [5.41, 5.74) is 1.14. The zero-order valence-electron chi connectivity index (χ0n) is 7.74. The van der Waals surface area contributed by atoms with Crippen LogP contribution in [0.5, 0.6) is 5.75 Å². The van der Waals surface area contributed by atoms with Gasteiger partial charge in [-0.25, -0.2) is 0 Å². The van der Waals surface area contributed by atoms with Crippen LogP contribution in [0.25, 0.3) is 0 Å². The Morgan fingerprint density at radius 2 is 1.92 bits per heavy atom. The van der Waals surface area contributed by atoms with Gasteiger partial charge in [-0.3, -0.25) is 4.46 Å². The molecule has 0 saturated carbocycles. The first-order valence-corrected chi connectivity index (χ1v) is 5.36. The summed E-state index contributed by atoms with van der Waals surface area (Å²) >= 11 is 0. The third kappa shape index (κ3) is 3.37. The lowest BCUT2D eigenvalue weighted by molar-refractivity contribution is 0.243. The van der Waals surface area contributed by atoms with Crippen LogP contribution in [-0.2, 0) is 8.89 Å². The van der Waals surface area contributed by atoms with Gasteiger partial charge in [-0.2, -0.15) is 0 Å². The lowest BCUT2D eigenvalue weighted by Gasteiger charge is -2.02. The van der Waals surface area contributed by atoms with E-state index < -0.39 is 9.17 Å². The Kier molecular flexibility index (Phi) is 3.64. The van der Waals surface area contributed by atoms with Crippen molar-refractivity contribution < 1.29 is 13.3 Å². The Bertz CT molecular complexity index is 281. The van der Waals surface area contributed by atoms with E-state index in [1.165, 1.54) is 0 Å². The summed E-state index contributed by atoms with van der Waals surface area (Å²) in [5, 5.41) is 0. The molecule has 4 heteroatoms. The van der Waals surface area contributed by atoms with Crippen molar-refractivity contribution in [1.82, 2.24) is 0 Å². The van der Waals surface area contributed by atoms with Crippen molar-refractivity contribution in [1.29, 1.82) is 0 Å². The van der Waals surface area contributed by atoms with Gasteiger partial charge in [0.1, 0.15) is 5.75 Å². The molecule has 1 aromatic rings. The van der Waals surface area contributed by atoms with Crippen LogP contribution in [0.2, 0.25) is 0 Å². The van der Waals surface area contributed by atoms with Crippen LogP contribution in [0.3, 0.4) is 0 Å². The van der Waals surface area contributed by atoms with Gasteiger partial charge >= 0.3 is 9.17 Å². The first-order chi connectivity index (χ1) is 6.22. The van der Waals surface area contributed by atoms with Gasteiger partial charge < -0.3 is 8.85 Å². The topological polar surface area (TPSA) is 35.5 Å². The average Bonchev–Trinajstić information content (AvgIpc) is 2.09. The van der Waals surface area contributed by atoms with E-state index in [0.717, 1.165) is 5.56 Å². The fourth-order valence-electron chi connectivity index (χ4n) is 0.850. The molecular weight excluding hydrogens is 184 g/mol. The standard InChI is InChI=1S/C9H12O3Si/c1-3-11-13(10)12-9-6-4-8(2)5-7-9/h4-7H,3H2,1-2H3. The lowest BCUT2D eigenvalue weighted by Crippen LogP contribution is -2.15. The lowest BCUT2D eigenvalue weighted by atomic mass is 10.2. The molecule has 13 heavy (non-hydrogen) atoms. The molecule has 1 rings (SSSR count). The van der Waals surface area contributed by atoms with E-state index in [4.69, 9.17) is 8.85 Å². The SMILES string of the molecule is CCO[Si](=O)Oc1ccc(C)cc1. The van der Waals surface area contributed by atoms with Crippen molar-refractivity contribution in [3.8, 4) is 5.75 Å². The zero-order chi connectivity index (χ0) is 9.68. The van der Waals surface area contributed by atoms with Gasteiger partial charge in [0.05, 0.1) is 6.61 Å². The third-order valence-corrected chi connectivity index (χ3v) is 2.41. The van der Waals surface area contributed by atoms with Crippen LogP contribution in [0, 0.1) is 6.92 Å². The minimum Gasteiger partial charge on any atom is -0.496 e. The smallest absolute Gasteiger partial charge is 0.496 e. The fourth-order valence-corrected chi connectivity index (χ4v) is 1.47. The molecule has 0 amide bonds. The number of rotatable bonds is 4. The maximum Gasteiger partial charge on any atom is 0.772 e. The Hall–Kier alpha value is -1.16. The van der Waals surface area contributed by atoms with Gasteiger partial charge in [0.2, 0.25) is 0 Å². The second-order valence-electron chi connectivity index (χ2n) is 2.60. The van der Waals surface area contributed by atoms with E-state index in [-0.39, 0.29) is 0 Å². The van der Waals surface area contributed by atoms with Crippen molar-refractivity contribution in [3.05, 3.63) is 29.8 Å². The monoisotopic (exact) mass is 196 g/mol. The molecule has 0 aromatic heterocycles. The number of hydrogen-bond acceptors (Lipinski definition) is 3. The summed E-state index contributed by atoms with van der Waals surface area (Å²) in [7, 11) is -2.36. The molecular formula is C9H12O3Si. The van der Waals surface area contributed by atoms with Gasteiger partial charge in [-0.05, 0) is 26.0 Å². The molecule has 0 aliphatic rings. The summed E-state index contributed by atoms with van der Waals surface area (Å²) in [6, 6.07) is 7.35. The second kappa shape index (κ2) is 4.76. The molecule has 0 bridgehead atoms. The van der Waals surface area contributed by atoms with Crippen molar-refractivity contribution in [2.75, 3.05) is 6.61 Å². The van der Waals surface area contributed by atoms with Crippen molar-refractivity contribution in [2.45, 2.75) is 13.8 Å². The first kappa shape index (κ1) is 9.92. The summed E-state index contributed by atoms with van der Waals surface area (Å²) in [6.07, 6.45) is 0. The Balaban J connectivity index is 2.54. The summed E-state index contributed by atoms with van der Waals surface area (Å²) in [5.74, 6) is 0.586. The second-order valence-corrected chi connectivity index (χ2v) is 3.59. The van der Waals surface area contributed by atoms with Gasteiger partial charge in [-0.15, -0.1) is 0 Å². The van der Waals surface area contributed by atoms with E-state index in [9.17, 15) is 4.46 Å². The zero-order valence-corrected chi connectivity index (χ0v) is 8.74. The minimum atomic E-state index is -2.36. The molecule has 3 nitrogen and oxygen atoms in total.